The van der Waals surface area contributed by atoms with Crippen LogP contribution in [0.25, 0.3) is 0 Å². The Labute approximate surface area is 89.7 Å². The molecule has 0 aromatic heterocycles. The van der Waals surface area contributed by atoms with Crippen LogP contribution in [0.3, 0.4) is 0 Å². The molecule has 1 N–H and O–H groups in total. The van der Waals surface area contributed by atoms with Gasteiger partial charge in [-0.2, -0.15) is 0 Å². The summed E-state index contributed by atoms with van der Waals surface area (Å²) in [5.41, 5.74) is 0.586. The highest BCUT2D eigenvalue weighted by atomic mass is 16.5. The summed E-state index contributed by atoms with van der Waals surface area (Å²) in [4.78, 5) is 11.6. The lowest BCUT2D eigenvalue weighted by Crippen LogP contribution is -2.12. The van der Waals surface area contributed by atoms with Gasteiger partial charge in [-0.25, -0.2) is 0 Å². The number of hydrogen-bond acceptors (Lipinski definition) is 3. The van der Waals surface area contributed by atoms with E-state index < -0.39 is 6.10 Å². The standard InChI is InChI=1S/C12H15O3/c1-3-10(13)8-12(14)9-4-6-11(15-2)7-5-9/h4-7,10,13H,1,3,8H2,2H3. The first-order chi connectivity index (χ1) is 7.17. The van der Waals surface area contributed by atoms with Crippen LogP contribution in [0.5, 0.6) is 5.75 Å². The number of carbonyl (C=O) groups is 1. The second-order valence-electron chi connectivity index (χ2n) is 3.30. The van der Waals surface area contributed by atoms with E-state index in [2.05, 4.69) is 6.92 Å². The van der Waals surface area contributed by atoms with Gasteiger partial charge in [0.05, 0.1) is 13.2 Å². The van der Waals surface area contributed by atoms with Crippen LogP contribution in [0.15, 0.2) is 24.3 Å². The van der Waals surface area contributed by atoms with Crippen molar-refractivity contribution in [1.29, 1.82) is 0 Å². The lowest BCUT2D eigenvalue weighted by atomic mass is 10.0. The molecule has 0 aliphatic carbocycles. The molecule has 3 heteroatoms. The number of aliphatic hydroxyl groups is 1. The van der Waals surface area contributed by atoms with Crippen molar-refractivity contribution in [3.05, 3.63) is 36.8 Å². The first-order valence-corrected chi connectivity index (χ1v) is 4.82. The van der Waals surface area contributed by atoms with Gasteiger partial charge in [0.1, 0.15) is 5.75 Å². The highest BCUT2D eigenvalue weighted by Gasteiger charge is 2.10. The third-order valence-corrected chi connectivity index (χ3v) is 2.17. The van der Waals surface area contributed by atoms with Crippen LogP contribution in [0.1, 0.15) is 23.2 Å². The third-order valence-electron chi connectivity index (χ3n) is 2.17. The number of ether oxygens (including phenoxy) is 1. The minimum atomic E-state index is -0.653. The largest absolute Gasteiger partial charge is 0.497 e. The fraction of sp³-hybridized carbons (Fsp3) is 0.333. The molecule has 1 atom stereocenters. The summed E-state index contributed by atoms with van der Waals surface area (Å²) in [5.74, 6) is 0.637. The van der Waals surface area contributed by atoms with Gasteiger partial charge in [0.25, 0.3) is 0 Å². The van der Waals surface area contributed by atoms with Crippen molar-refractivity contribution in [3.63, 3.8) is 0 Å². The van der Waals surface area contributed by atoms with Crippen molar-refractivity contribution < 1.29 is 14.6 Å². The van der Waals surface area contributed by atoms with E-state index >= 15 is 0 Å². The first kappa shape index (κ1) is 11.7. The predicted molar refractivity (Wildman–Crippen MR) is 57.9 cm³/mol. The highest BCUT2D eigenvalue weighted by Crippen LogP contribution is 2.13. The number of benzene rings is 1. The summed E-state index contributed by atoms with van der Waals surface area (Å²) >= 11 is 0. The van der Waals surface area contributed by atoms with E-state index in [-0.39, 0.29) is 12.2 Å². The number of hydrogen-bond donors (Lipinski definition) is 1. The smallest absolute Gasteiger partial charge is 0.165 e. The number of carbonyl (C=O) groups excluding carboxylic acids is 1. The highest BCUT2D eigenvalue weighted by molar-refractivity contribution is 5.96. The van der Waals surface area contributed by atoms with Crippen molar-refractivity contribution in [3.8, 4) is 5.75 Å². The molecule has 0 aliphatic heterocycles. The monoisotopic (exact) mass is 207 g/mol. The second-order valence-corrected chi connectivity index (χ2v) is 3.30. The molecule has 1 unspecified atom stereocenters. The predicted octanol–water partition coefficient (Wildman–Crippen LogP) is 1.85. The van der Waals surface area contributed by atoms with Crippen LogP contribution < -0.4 is 4.74 Å². The Balaban J connectivity index is 2.66. The van der Waals surface area contributed by atoms with E-state index in [0.29, 0.717) is 17.7 Å². The molecule has 0 spiro atoms. The zero-order chi connectivity index (χ0) is 11.3. The van der Waals surface area contributed by atoms with E-state index in [1.807, 2.05) is 0 Å². The maximum Gasteiger partial charge on any atom is 0.165 e. The Hall–Kier alpha value is -1.35. The molecule has 0 saturated heterocycles. The Kier molecular flexibility index (Phi) is 4.31. The maximum atomic E-state index is 11.6. The molecule has 0 fully saturated rings. The van der Waals surface area contributed by atoms with Crippen molar-refractivity contribution in [2.75, 3.05) is 7.11 Å². The van der Waals surface area contributed by atoms with Gasteiger partial charge in [-0.15, -0.1) is 0 Å². The molecule has 0 aliphatic rings. The molecule has 1 aromatic carbocycles. The molecule has 0 heterocycles. The quantitative estimate of drug-likeness (QED) is 0.749. The third kappa shape index (κ3) is 3.36. The average molecular weight is 207 g/mol. The van der Waals surface area contributed by atoms with Crippen molar-refractivity contribution >= 4 is 5.78 Å². The first-order valence-electron chi connectivity index (χ1n) is 4.82. The summed E-state index contributed by atoms with van der Waals surface area (Å²) in [6.45, 7) is 3.54. The van der Waals surface area contributed by atoms with Crippen molar-refractivity contribution in [2.45, 2.75) is 18.9 Å². The van der Waals surface area contributed by atoms with E-state index in [1.54, 1.807) is 31.4 Å². The van der Waals surface area contributed by atoms with E-state index in [0.717, 1.165) is 0 Å². The molecular weight excluding hydrogens is 192 g/mol. The fourth-order valence-corrected chi connectivity index (χ4v) is 1.21. The number of ketones is 1. The van der Waals surface area contributed by atoms with Gasteiger partial charge in [-0.3, -0.25) is 4.79 Å². The SMILES string of the molecule is [CH2]CC(O)CC(=O)c1ccc(OC)cc1. The van der Waals surface area contributed by atoms with Gasteiger partial charge >= 0.3 is 0 Å². The lowest BCUT2D eigenvalue weighted by molar-refractivity contribution is 0.0883. The van der Waals surface area contributed by atoms with E-state index in [1.165, 1.54) is 0 Å². The summed E-state index contributed by atoms with van der Waals surface area (Å²) < 4.78 is 4.98. The average Bonchev–Trinajstić information content (AvgIpc) is 2.29. The van der Waals surface area contributed by atoms with Crippen LogP contribution >= 0.6 is 0 Å². The molecule has 0 saturated carbocycles. The molecule has 3 nitrogen and oxygen atoms in total. The maximum absolute atomic E-state index is 11.6. The van der Waals surface area contributed by atoms with Crippen LogP contribution in [0, 0.1) is 6.92 Å². The van der Waals surface area contributed by atoms with E-state index in [9.17, 15) is 9.90 Å². The summed E-state index contributed by atoms with van der Waals surface area (Å²) in [7, 11) is 1.57. The Morgan fingerprint density at radius 1 is 1.47 bits per heavy atom. The van der Waals surface area contributed by atoms with Gasteiger partial charge in [0.15, 0.2) is 5.78 Å². The van der Waals surface area contributed by atoms with E-state index in [4.69, 9.17) is 4.74 Å². The molecular formula is C12H15O3. The second kappa shape index (κ2) is 5.51. The Morgan fingerprint density at radius 3 is 2.53 bits per heavy atom. The molecule has 0 bridgehead atoms. The zero-order valence-corrected chi connectivity index (χ0v) is 8.77. The van der Waals surface area contributed by atoms with Crippen LogP contribution in [-0.2, 0) is 0 Å². The number of methoxy groups -OCH3 is 1. The molecule has 1 radical (unpaired) electrons. The van der Waals surface area contributed by atoms with Gasteiger partial charge in [0, 0.05) is 12.0 Å². The summed E-state index contributed by atoms with van der Waals surface area (Å²) in [6.07, 6.45) is -0.183. The fourth-order valence-electron chi connectivity index (χ4n) is 1.21. The van der Waals surface area contributed by atoms with Crippen molar-refractivity contribution in [1.82, 2.24) is 0 Å². The minimum Gasteiger partial charge on any atom is -0.497 e. The normalized spacial score (nSPS) is 12.2. The van der Waals surface area contributed by atoms with Gasteiger partial charge < -0.3 is 9.84 Å². The zero-order valence-electron chi connectivity index (χ0n) is 8.77. The molecule has 0 amide bonds. The number of rotatable bonds is 5. The van der Waals surface area contributed by atoms with Gasteiger partial charge in [-0.1, -0.05) is 6.92 Å². The number of Topliss-reactive ketones (excluding diaryl/α,β-unsaturated/α-hetero) is 1. The summed E-state index contributed by atoms with van der Waals surface area (Å²) in [6, 6.07) is 6.83. The Morgan fingerprint density at radius 2 is 2.07 bits per heavy atom. The molecule has 1 aromatic rings. The topological polar surface area (TPSA) is 46.5 Å². The lowest BCUT2D eigenvalue weighted by Gasteiger charge is -2.06. The number of aliphatic hydroxyl groups excluding tert-OH is 1. The van der Waals surface area contributed by atoms with Crippen LogP contribution in [0.4, 0.5) is 0 Å². The van der Waals surface area contributed by atoms with Crippen LogP contribution in [0.2, 0.25) is 0 Å². The molecule has 15 heavy (non-hydrogen) atoms. The van der Waals surface area contributed by atoms with Crippen molar-refractivity contribution in [2.24, 2.45) is 0 Å². The molecule has 1 rings (SSSR count). The Bertz CT molecular complexity index is 316. The van der Waals surface area contributed by atoms with Gasteiger partial charge in [0.2, 0.25) is 0 Å². The van der Waals surface area contributed by atoms with Crippen LogP contribution in [-0.4, -0.2) is 24.1 Å². The summed E-state index contributed by atoms with van der Waals surface area (Å²) in [5, 5.41) is 9.28. The minimum absolute atomic E-state index is 0.0752. The molecule has 81 valence electrons. The van der Waals surface area contributed by atoms with Gasteiger partial charge in [-0.05, 0) is 30.7 Å².